The maximum Gasteiger partial charge on any atom is 0.259 e. The van der Waals surface area contributed by atoms with Crippen molar-refractivity contribution >= 4 is 51.9 Å². The first kappa shape index (κ1) is 20.7. The second-order valence-electron chi connectivity index (χ2n) is 6.70. The molecule has 0 aliphatic rings. The molecule has 0 unspecified atom stereocenters. The van der Waals surface area contributed by atoms with Gasteiger partial charge < -0.3 is 5.32 Å². The first-order valence-corrected chi connectivity index (χ1v) is 11.1. The Morgan fingerprint density at radius 3 is 2.57 bits per heavy atom. The van der Waals surface area contributed by atoms with Crippen molar-refractivity contribution in [2.75, 3.05) is 11.6 Å². The molecule has 4 rings (SSSR count). The van der Waals surface area contributed by atoms with Crippen LogP contribution >= 0.6 is 35.0 Å². The van der Waals surface area contributed by atoms with Gasteiger partial charge >= 0.3 is 0 Å². The summed E-state index contributed by atoms with van der Waals surface area (Å²) in [5.41, 5.74) is 2.36. The van der Waals surface area contributed by atoms with Gasteiger partial charge in [0.15, 0.2) is 0 Å². The maximum absolute atomic E-state index is 13.0. The molecule has 1 N–H and O–H groups in total. The number of aryl methyl sites for hydroxylation is 1. The van der Waals surface area contributed by atoms with Crippen LogP contribution in [0, 0.1) is 0 Å². The van der Waals surface area contributed by atoms with E-state index in [1.165, 1.54) is 9.46 Å². The van der Waals surface area contributed by atoms with E-state index in [2.05, 4.69) is 27.4 Å². The van der Waals surface area contributed by atoms with E-state index < -0.39 is 0 Å². The second kappa shape index (κ2) is 8.68. The Morgan fingerprint density at radius 2 is 1.83 bits per heavy atom. The number of benzene rings is 2. The predicted molar refractivity (Wildman–Crippen MR) is 126 cm³/mol. The molecule has 0 bridgehead atoms. The average molecular weight is 457 g/mol. The summed E-state index contributed by atoms with van der Waals surface area (Å²) in [5.74, 6) is 0.454. The Kier molecular flexibility index (Phi) is 5.99. The lowest BCUT2D eigenvalue weighted by Gasteiger charge is -2.12. The largest absolute Gasteiger partial charge is 0.350 e. The van der Waals surface area contributed by atoms with Gasteiger partial charge in [-0.05, 0) is 42.2 Å². The molecule has 2 heterocycles. The highest BCUT2D eigenvalue weighted by Crippen LogP contribution is 2.33. The summed E-state index contributed by atoms with van der Waals surface area (Å²) in [5, 5.41) is 4.79. The average Bonchev–Trinajstić information content (AvgIpc) is 2.75. The monoisotopic (exact) mass is 456 g/mol. The van der Waals surface area contributed by atoms with Gasteiger partial charge in [0.25, 0.3) is 5.56 Å². The first-order chi connectivity index (χ1) is 14.5. The van der Waals surface area contributed by atoms with Gasteiger partial charge in [-0.15, -0.1) is 11.8 Å². The highest BCUT2D eigenvalue weighted by Gasteiger charge is 2.16. The lowest BCUT2D eigenvalue weighted by Crippen LogP contribution is -2.20. The van der Waals surface area contributed by atoms with E-state index in [1.54, 1.807) is 49.3 Å². The van der Waals surface area contributed by atoms with Crippen LogP contribution in [0.3, 0.4) is 0 Å². The summed E-state index contributed by atoms with van der Waals surface area (Å²) in [4.78, 5) is 23.2. The first-order valence-electron chi connectivity index (χ1n) is 9.16. The molecule has 30 heavy (non-hydrogen) atoms. The quantitative estimate of drug-likeness (QED) is 0.394. The molecule has 0 saturated heterocycles. The van der Waals surface area contributed by atoms with E-state index in [0.717, 1.165) is 10.9 Å². The van der Waals surface area contributed by atoms with Gasteiger partial charge in [0.1, 0.15) is 5.65 Å². The van der Waals surface area contributed by atoms with Crippen LogP contribution in [0.15, 0.2) is 64.4 Å². The number of rotatable bonds is 5. The Morgan fingerprint density at radius 1 is 1.10 bits per heavy atom. The van der Waals surface area contributed by atoms with Gasteiger partial charge in [0.05, 0.1) is 15.6 Å². The number of anilines is 1. The van der Waals surface area contributed by atoms with Crippen LogP contribution < -0.4 is 10.9 Å². The zero-order valence-corrected chi connectivity index (χ0v) is 18.6. The van der Waals surface area contributed by atoms with E-state index in [0.29, 0.717) is 39.3 Å². The molecule has 2 aromatic heterocycles. The summed E-state index contributed by atoms with van der Waals surface area (Å²) < 4.78 is 1.49. The third-order valence-electron chi connectivity index (χ3n) is 4.77. The van der Waals surface area contributed by atoms with Crippen molar-refractivity contribution in [3.63, 3.8) is 0 Å². The van der Waals surface area contributed by atoms with Crippen molar-refractivity contribution in [2.45, 2.75) is 11.4 Å². The van der Waals surface area contributed by atoms with E-state index in [9.17, 15) is 4.79 Å². The molecular formula is C22H18Cl2N4OS. The van der Waals surface area contributed by atoms with E-state index in [-0.39, 0.29) is 5.56 Å². The maximum atomic E-state index is 13.0. The molecule has 0 aliphatic carbocycles. The summed E-state index contributed by atoms with van der Waals surface area (Å²) in [6, 6.07) is 15.2. The van der Waals surface area contributed by atoms with Gasteiger partial charge in [0.2, 0.25) is 5.95 Å². The van der Waals surface area contributed by atoms with Crippen LogP contribution in [0.1, 0.15) is 5.56 Å². The molecule has 0 aliphatic heterocycles. The molecular weight excluding hydrogens is 439 g/mol. The Hall–Kier alpha value is -2.54. The molecule has 0 saturated carbocycles. The Bertz CT molecular complexity index is 1290. The van der Waals surface area contributed by atoms with Gasteiger partial charge in [-0.2, -0.15) is 4.98 Å². The smallest absolute Gasteiger partial charge is 0.259 e. The van der Waals surface area contributed by atoms with Gasteiger partial charge in [-0.1, -0.05) is 41.4 Å². The molecule has 0 fully saturated rings. The minimum atomic E-state index is -0.227. The number of nitrogens with one attached hydrogen (secondary N) is 1. The van der Waals surface area contributed by atoms with Crippen LogP contribution in [0.2, 0.25) is 10.0 Å². The fourth-order valence-corrected chi connectivity index (χ4v) is 4.31. The van der Waals surface area contributed by atoms with Gasteiger partial charge in [-0.25, -0.2) is 4.98 Å². The van der Waals surface area contributed by atoms with Gasteiger partial charge in [0, 0.05) is 35.6 Å². The van der Waals surface area contributed by atoms with Crippen LogP contribution in [-0.2, 0) is 13.6 Å². The molecule has 0 amide bonds. The van der Waals surface area contributed by atoms with Crippen molar-refractivity contribution in [1.29, 1.82) is 0 Å². The van der Waals surface area contributed by atoms with E-state index in [1.807, 2.05) is 18.4 Å². The lowest BCUT2D eigenvalue weighted by molar-refractivity contribution is 0.884. The molecule has 152 valence electrons. The SMILES string of the molecule is CSc1cccc(CNc2ncc3cc(-c4c(Cl)cccc4Cl)c(=O)n(C)c3n2)c1. The molecule has 5 nitrogen and oxygen atoms in total. The number of fused-ring (bicyclic) bond motifs is 1. The van der Waals surface area contributed by atoms with Crippen LogP contribution in [0.25, 0.3) is 22.2 Å². The number of hydrogen-bond donors (Lipinski definition) is 1. The van der Waals surface area contributed by atoms with E-state index >= 15 is 0 Å². The zero-order valence-electron chi connectivity index (χ0n) is 16.3. The lowest BCUT2D eigenvalue weighted by atomic mass is 10.1. The van der Waals surface area contributed by atoms with Crippen molar-refractivity contribution < 1.29 is 0 Å². The second-order valence-corrected chi connectivity index (χ2v) is 8.39. The molecule has 0 atom stereocenters. The summed E-state index contributed by atoms with van der Waals surface area (Å²) >= 11 is 14.3. The number of halogens is 2. The third kappa shape index (κ3) is 4.03. The van der Waals surface area contributed by atoms with Gasteiger partial charge in [-0.3, -0.25) is 9.36 Å². The third-order valence-corrected chi connectivity index (χ3v) is 6.12. The number of pyridine rings is 1. The van der Waals surface area contributed by atoms with Crippen molar-refractivity contribution in [2.24, 2.45) is 7.05 Å². The van der Waals surface area contributed by atoms with Crippen LogP contribution in [-0.4, -0.2) is 20.8 Å². The Balaban J connectivity index is 1.70. The standard InChI is InChI=1S/C22H18Cl2N4OS/c1-28-20-14(10-16(21(28)29)19-17(23)7-4-8-18(19)24)12-26-22(27-20)25-11-13-5-3-6-15(9-13)30-2/h3-10,12H,11H2,1-2H3,(H,25,26,27). The number of hydrogen-bond acceptors (Lipinski definition) is 5. The summed E-state index contributed by atoms with van der Waals surface area (Å²) in [6.07, 6.45) is 3.74. The predicted octanol–water partition coefficient (Wildman–Crippen LogP) is 5.64. The van der Waals surface area contributed by atoms with Crippen molar-refractivity contribution in [1.82, 2.24) is 14.5 Å². The van der Waals surface area contributed by atoms with Crippen molar-refractivity contribution in [3.05, 3.63) is 80.7 Å². The minimum absolute atomic E-state index is 0.227. The van der Waals surface area contributed by atoms with Crippen LogP contribution in [0.5, 0.6) is 0 Å². The molecule has 2 aromatic carbocycles. The number of thioether (sulfide) groups is 1. The highest BCUT2D eigenvalue weighted by molar-refractivity contribution is 7.98. The Labute approximate surface area is 188 Å². The fraction of sp³-hybridized carbons (Fsp3) is 0.136. The highest BCUT2D eigenvalue weighted by atomic mass is 35.5. The summed E-state index contributed by atoms with van der Waals surface area (Å²) in [7, 11) is 1.68. The topological polar surface area (TPSA) is 59.8 Å². The van der Waals surface area contributed by atoms with Crippen LogP contribution in [0.4, 0.5) is 5.95 Å². The van der Waals surface area contributed by atoms with Crippen molar-refractivity contribution in [3.8, 4) is 11.1 Å². The number of nitrogens with zero attached hydrogens (tertiary/aromatic N) is 3. The molecule has 0 spiro atoms. The molecule has 0 radical (unpaired) electrons. The summed E-state index contributed by atoms with van der Waals surface area (Å²) in [6.45, 7) is 0.584. The fourth-order valence-electron chi connectivity index (χ4n) is 3.23. The number of aromatic nitrogens is 3. The zero-order chi connectivity index (χ0) is 21.3. The molecule has 4 aromatic rings. The molecule has 8 heteroatoms. The minimum Gasteiger partial charge on any atom is -0.350 e. The van der Waals surface area contributed by atoms with E-state index in [4.69, 9.17) is 23.2 Å². The normalized spacial score (nSPS) is 11.1.